The van der Waals surface area contributed by atoms with Crippen LogP contribution in [0.3, 0.4) is 0 Å². The number of rotatable bonds is 15. The lowest BCUT2D eigenvalue weighted by Gasteiger charge is -2.09. The first-order valence-corrected chi connectivity index (χ1v) is 29.5. The molecule has 0 bridgehead atoms. The van der Waals surface area contributed by atoms with Gasteiger partial charge in [0.25, 0.3) is 11.8 Å². The molecule has 23 nitrogen and oxygen atoms in total. The van der Waals surface area contributed by atoms with Gasteiger partial charge in [-0.3, -0.25) is 44.3 Å². The van der Waals surface area contributed by atoms with Crippen molar-refractivity contribution in [2.75, 3.05) is 17.2 Å². The van der Waals surface area contributed by atoms with Gasteiger partial charge in [0, 0.05) is 127 Å². The first-order chi connectivity index (χ1) is 45.8. The van der Waals surface area contributed by atoms with E-state index in [-0.39, 0.29) is 17.4 Å². The highest BCUT2D eigenvalue weighted by atomic mass is 16.4. The SMILES string of the molecule is Cc1nc(N)ccc1CN.Cc1nc(N)ccc1CNC(=O)c1ccnc(Cc2ccc3ncc(C(N)=O)cc3c2)c1.[C-]#[N+]c1cnc2ccc(Cc3cc(C(=O)NCc4ccc(N)nc4C)ccn3)cc2c1.[C-]#[N+]c1cnc2ccc(Cc3cc(C(=O)O)ccn3)cc2c1. The van der Waals surface area contributed by atoms with Gasteiger partial charge in [-0.05, 0) is 162 Å². The molecule has 0 atom stereocenters. The van der Waals surface area contributed by atoms with E-state index in [1.54, 1.807) is 85.5 Å². The van der Waals surface area contributed by atoms with Crippen molar-refractivity contribution in [1.82, 2.24) is 55.5 Å². The van der Waals surface area contributed by atoms with Crippen molar-refractivity contribution in [1.29, 1.82) is 0 Å². The minimum Gasteiger partial charge on any atom is -0.478 e. The molecule has 23 heteroatoms. The third-order valence-corrected chi connectivity index (χ3v) is 14.9. The lowest BCUT2D eigenvalue weighted by atomic mass is 10.0. The molecule has 12 rings (SSSR count). The summed E-state index contributed by atoms with van der Waals surface area (Å²) in [6, 6.07) is 43.6. The molecule has 3 aromatic carbocycles. The van der Waals surface area contributed by atoms with Gasteiger partial charge in [-0.1, -0.05) is 48.5 Å². The number of nitrogens with zero attached hydrogens (tertiary/aromatic N) is 11. The maximum atomic E-state index is 12.6. The predicted octanol–water partition coefficient (Wildman–Crippen LogP) is 10.4. The van der Waals surface area contributed by atoms with E-state index < -0.39 is 11.9 Å². The number of nitrogen functional groups attached to an aromatic ring is 3. The van der Waals surface area contributed by atoms with Crippen LogP contribution >= 0.6 is 0 Å². The molecule has 472 valence electrons. The number of pyridine rings is 9. The van der Waals surface area contributed by atoms with Crippen LogP contribution in [0.2, 0.25) is 0 Å². The second-order valence-electron chi connectivity index (χ2n) is 21.7. The third-order valence-electron chi connectivity index (χ3n) is 14.9. The number of carbonyl (C=O) groups excluding carboxylic acids is 3. The average molecular weight is 1260 g/mol. The van der Waals surface area contributed by atoms with Gasteiger partial charge in [-0.2, -0.15) is 0 Å². The summed E-state index contributed by atoms with van der Waals surface area (Å²) in [5.41, 5.74) is 43.2. The maximum Gasteiger partial charge on any atom is 0.335 e. The molecular weight excluding hydrogens is 1200 g/mol. The Morgan fingerprint density at radius 3 is 1.18 bits per heavy atom. The van der Waals surface area contributed by atoms with Crippen molar-refractivity contribution >= 4 is 85.2 Å². The Balaban J connectivity index is 0.000000158. The first kappa shape index (κ1) is 66.4. The zero-order chi connectivity index (χ0) is 67.5. The van der Waals surface area contributed by atoms with Crippen LogP contribution in [-0.4, -0.2) is 73.7 Å². The molecule has 9 heterocycles. The minimum absolute atomic E-state index is 0.177. The van der Waals surface area contributed by atoms with E-state index in [4.69, 9.17) is 46.9 Å². The fourth-order valence-corrected chi connectivity index (χ4v) is 9.85. The monoisotopic (exact) mass is 1260 g/mol. The standard InChI is InChI=1S/C24H22N6O2.C24H20N6O.C17H11N3O2.C7H11N3/c1-14-17(3-5-22(25)30-14)12-29-24(32)16-6-7-27-20(11-16)9-15-2-4-21-18(8-15)10-19(13-28-21)23(26)31;1-15-18(4-6-23(25)30-15)13-29-24(31)17-7-8-27-20(11-17)10-16-3-5-22-19(9-16)12-21(26-2)14-28-22;1-18-15-9-13-6-11(2-3-16(13)20-10-15)7-14-8-12(17(21)22)4-5-19-14;1-5-6(4-8)2-3-7(9)10-5/h2-8,10-11,13H,9,12H2,1H3,(H2,25,30)(H2,26,31)(H,29,32);3-9,11-12,14H,10,13H2,1H3,(H2,25,30)(H,29,31);2-6,8-10H,7H2,(H,21,22);2-3H,4,8H2,1H3,(H2,9,10). The Morgan fingerprint density at radius 1 is 0.442 bits per heavy atom. The van der Waals surface area contributed by atoms with E-state index in [0.717, 1.165) is 94.6 Å². The normalized spacial score (nSPS) is 10.5. The number of hydrogen-bond donors (Lipinski definition) is 8. The van der Waals surface area contributed by atoms with E-state index >= 15 is 0 Å². The number of amides is 3. The number of carboxylic acids is 1. The van der Waals surface area contributed by atoms with Crippen LogP contribution in [0.25, 0.3) is 42.4 Å². The van der Waals surface area contributed by atoms with Crippen molar-refractivity contribution in [3.05, 3.63) is 295 Å². The number of fused-ring (bicyclic) bond motifs is 3. The number of hydrogen-bond acceptors (Lipinski definition) is 17. The molecule has 12 aromatic rings. The molecule has 13 N–H and O–H groups in total. The average Bonchev–Trinajstić information content (AvgIpc) is 0.883. The lowest BCUT2D eigenvalue weighted by molar-refractivity contribution is 0.0695. The van der Waals surface area contributed by atoms with Gasteiger partial charge in [0.1, 0.15) is 17.5 Å². The van der Waals surface area contributed by atoms with Gasteiger partial charge in [0.15, 0.2) is 0 Å². The largest absolute Gasteiger partial charge is 0.478 e. The van der Waals surface area contributed by atoms with Crippen molar-refractivity contribution in [3.8, 4) is 0 Å². The molecule has 0 radical (unpaired) electrons. The minimum atomic E-state index is -0.965. The first-order valence-electron chi connectivity index (χ1n) is 29.5. The predicted molar refractivity (Wildman–Crippen MR) is 365 cm³/mol. The number of aromatic carboxylic acids is 1. The van der Waals surface area contributed by atoms with Gasteiger partial charge in [0.2, 0.25) is 17.3 Å². The topological polar surface area (TPSA) is 367 Å². The summed E-state index contributed by atoms with van der Waals surface area (Å²) in [6.45, 7) is 21.1. The summed E-state index contributed by atoms with van der Waals surface area (Å²) >= 11 is 0. The smallest absolute Gasteiger partial charge is 0.335 e. The summed E-state index contributed by atoms with van der Waals surface area (Å²) in [5, 5.41) is 17.5. The molecule has 3 amide bonds. The number of anilines is 3. The van der Waals surface area contributed by atoms with Crippen LogP contribution < -0.4 is 39.3 Å². The molecule has 0 unspecified atom stereocenters. The van der Waals surface area contributed by atoms with E-state index in [1.165, 1.54) is 18.5 Å². The van der Waals surface area contributed by atoms with E-state index in [2.05, 4.69) is 65.2 Å². The van der Waals surface area contributed by atoms with Gasteiger partial charge >= 0.3 is 5.97 Å². The zero-order valence-corrected chi connectivity index (χ0v) is 51.9. The third kappa shape index (κ3) is 18.3. The molecule has 0 aliphatic carbocycles. The maximum absolute atomic E-state index is 12.6. The van der Waals surface area contributed by atoms with Crippen LogP contribution in [0.1, 0.15) is 109 Å². The van der Waals surface area contributed by atoms with Gasteiger partial charge in [0.05, 0.1) is 40.8 Å². The number of aromatic nitrogens is 9. The summed E-state index contributed by atoms with van der Waals surface area (Å²) in [4.78, 5) is 92.7. The molecule has 0 fully saturated rings. The number of carboxylic acid groups (broad SMARTS) is 1. The van der Waals surface area contributed by atoms with Crippen LogP contribution in [0.15, 0.2) is 183 Å². The van der Waals surface area contributed by atoms with Crippen molar-refractivity contribution in [3.63, 3.8) is 0 Å². The highest BCUT2D eigenvalue weighted by Gasteiger charge is 2.14. The Hall–Kier alpha value is -13.0. The molecule has 0 saturated heterocycles. The second-order valence-corrected chi connectivity index (χ2v) is 21.7. The number of carbonyl (C=O) groups is 4. The summed E-state index contributed by atoms with van der Waals surface area (Å²) in [7, 11) is 0. The molecule has 9 aromatic heterocycles. The molecule has 95 heavy (non-hydrogen) atoms. The van der Waals surface area contributed by atoms with E-state index in [1.807, 2.05) is 99.6 Å². The second kappa shape index (κ2) is 31.2. The molecule has 0 aliphatic heterocycles. The Bertz CT molecular complexity index is 4950. The summed E-state index contributed by atoms with van der Waals surface area (Å²) in [6.07, 6.45) is 11.0. The summed E-state index contributed by atoms with van der Waals surface area (Å²) < 4.78 is 0. The van der Waals surface area contributed by atoms with Crippen LogP contribution in [0, 0.1) is 33.9 Å². The van der Waals surface area contributed by atoms with Gasteiger partial charge in [-0.25, -0.2) is 29.4 Å². The summed E-state index contributed by atoms with van der Waals surface area (Å²) in [5.74, 6) is -0.395. The Kier molecular flexibility index (Phi) is 21.8. The van der Waals surface area contributed by atoms with E-state index in [9.17, 15) is 19.2 Å². The fraction of sp³-hybridized carbons (Fsp3) is 0.125. The quantitative estimate of drug-likeness (QED) is 0.0442. The van der Waals surface area contributed by atoms with Crippen molar-refractivity contribution in [2.24, 2.45) is 11.5 Å². The van der Waals surface area contributed by atoms with Gasteiger partial charge in [-0.15, -0.1) is 0 Å². The van der Waals surface area contributed by atoms with Crippen LogP contribution in [0.5, 0.6) is 0 Å². The number of aryl methyl sites for hydroxylation is 3. The Morgan fingerprint density at radius 2 is 0.811 bits per heavy atom. The molecule has 0 saturated carbocycles. The van der Waals surface area contributed by atoms with E-state index in [0.29, 0.717) is 90.1 Å². The molecular formula is C72H64N18O5. The number of primary amides is 1. The molecule has 0 spiro atoms. The highest BCUT2D eigenvalue weighted by molar-refractivity contribution is 5.97. The fourth-order valence-electron chi connectivity index (χ4n) is 9.85. The van der Waals surface area contributed by atoms with Gasteiger partial charge < -0.3 is 44.4 Å². The lowest BCUT2D eigenvalue weighted by Crippen LogP contribution is -2.23. The van der Waals surface area contributed by atoms with Crippen molar-refractivity contribution < 1.29 is 24.3 Å². The molecule has 0 aliphatic rings. The van der Waals surface area contributed by atoms with Crippen LogP contribution in [0.4, 0.5) is 28.8 Å². The number of benzene rings is 3. The highest BCUT2D eigenvalue weighted by Crippen LogP contribution is 2.24. The number of nitrogens with one attached hydrogen (secondary N) is 2. The zero-order valence-electron chi connectivity index (χ0n) is 51.9. The Labute approximate surface area is 546 Å². The number of nitrogens with two attached hydrogens (primary N) is 5. The van der Waals surface area contributed by atoms with Crippen LogP contribution in [-0.2, 0) is 38.9 Å². The van der Waals surface area contributed by atoms with Crippen molar-refractivity contribution in [2.45, 2.75) is 59.7 Å².